The summed E-state index contributed by atoms with van der Waals surface area (Å²) in [5.41, 5.74) is -1.56. The maximum Gasteiger partial charge on any atom is 0.105 e. The molecule has 5 heteroatoms. The summed E-state index contributed by atoms with van der Waals surface area (Å²) in [4.78, 5) is 20.7. The van der Waals surface area contributed by atoms with Crippen LogP contribution in [0.1, 0.15) is 33.6 Å². The van der Waals surface area contributed by atoms with Crippen molar-refractivity contribution in [3.63, 3.8) is 0 Å². The number of rotatable bonds is 6. The number of carbonyl (C=O) groups is 2. The van der Waals surface area contributed by atoms with Gasteiger partial charge in [-0.2, -0.15) is 0 Å². The van der Waals surface area contributed by atoms with E-state index in [-0.39, 0.29) is 0 Å². The van der Waals surface area contributed by atoms with Gasteiger partial charge >= 0.3 is 0 Å². The van der Waals surface area contributed by atoms with Crippen molar-refractivity contribution < 1.29 is 24.5 Å². The largest absolute Gasteiger partial charge is 0.545 e. The van der Waals surface area contributed by atoms with Crippen LogP contribution in [-0.2, 0) is 14.3 Å². The van der Waals surface area contributed by atoms with Crippen molar-refractivity contribution in [2.45, 2.75) is 39.2 Å². The fourth-order valence-electron chi connectivity index (χ4n) is 0.797. The first-order valence-electron chi connectivity index (χ1n) is 4.67. The minimum absolute atomic E-state index is 0.573. The summed E-state index contributed by atoms with van der Waals surface area (Å²) in [6.07, 6.45) is 1.94. The van der Waals surface area contributed by atoms with Gasteiger partial charge in [-0.3, -0.25) is 0 Å². The average Bonchev–Trinajstić information content (AvgIpc) is 2.16. The van der Waals surface area contributed by atoms with Crippen LogP contribution in [0.5, 0.6) is 0 Å². The highest BCUT2D eigenvalue weighted by Crippen LogP contribution is 2.20. The highest BCUT2D eigenvalue weighted by atomic mass is 16.5. The maximum atomic E-state index is 10.4. The molecule has 0 unspecified atom stereocenters. The van der Waals surface area contributed by atoms with E-state index < -0.39 is 23.1 Å². The van der Waals surface area contributed by atoms with Crippen molar-refractivity contribution in [1.82, 2.24) is 0 Å². The predicted octanol–water partition coefficient (Wildman–Crippen LogP) is -1.03. The molecular formula is C10H14O5-2. The molecule has 0 fully saturated rings. The first-order valence-corrected chi connectivity index (χ1v) is 4.67. The molecule has 5 nitrogen and oxygen atoms in total. The van der Waals surface area contributed by atoms with E-state index in [1.54, 1.807) is 6.92 Å². The zero-order valence-corrected chi connectivity index (χ0v) is 9.03. The third kappa shape index (κ3) is 4.01. The molecule has 0 bridgehead atoms. The first kappa shape index (κ1) is 13.5. The molecule has 0 aliphatic carbocycles. The van der Waals surface area contributed by atoms with Crippen molar-refractivity contribution in [2.75, 3.05) is 0 Å². The Hall–Kier alpha value is -1.52. The number of carboxylic acid groups (broad SMARTS) is 2. The van der Waals surface area contributed by atoms with E-state index in [0.29, 0.717) is 19.1 Å². The third-order valence-corrected chi connectivity index (χ3v) is 2.40. The molecule has 86 valence electrons. The lowest BCUT2D eigenvalue weighted by Gasteiger charge is -2.27. The average molecular weight is 214 g/mol. The molecule has 0 aliphatic heterocycles. The number of carboxylic acids is 2. The molecule has 0 saturated carbocycles. The molecule has 0 spiro atoms. The van der Waals surface area contributed by atoms with Crippen LogP contribution in [0.4, 0.5) is 0 Å². The van der Waals surface area contributed by atoms with Gasteiger partial charge in [0.2, 0.25) is 0 Å². The standard InChI is InChI=1S/C10H16O5/c1-4-10(3,5-2)15-6-7(8(11)12)9(13)14/h6H,4-5H2,1-3H3,(H,11,12)(H,13,14)/p-2. The van der Waals surface area contributed by atoms with Gasteiger partial charge in [0.05, 0.1) is 23.8 Å². The van der Waals surface area contributed by atoms with Crippen LogP contribution in [0.15, 0.2) is 11.8 Å². The lowest BCUT2D eigenvalue weighted by Crippen LogP contribution is -2.37. The van der Waals surface area contributed by atoms with Gasteiger partial charge in [0.1, 0.15) is 5.60 Å². The van der Waals surface area contributed by atoms with Crippen molar-refractivity contribution >= 4 is 11.9 Å². The second-order valence-corrected chi connectivity index (χ2v) is 3.38. The van der Waals surface area contributed by atoms with Crippen molar-refractivity contribution in [1.29, 1.82) is 0 Å². The second-order valence-electron chi connectivity index (χ2n) is 3.38. The number of hydrogen-bond acceptors (Lipinski definition) is 5. The van der Waals surface area contributed by atoms with E-state index in [9.17, 15) is 19.8 Å². The smallest absolute Gasteiger partial charge is 0.105 e. The van der Waals surface area contributed by atoms with E-state index in [4.69, 9.17) is 4.74 Å². The Morgan fingerprint density at radius 3 is 1.87 bits per heavy atom. The fraction of sp³-hybridized carbons (Fsp3) is 0.600. The van der Waals surface area contributed by atoms with Gasteiger partial charge < -0.3 is 24.5 Å². The van der Waals surface area contributed by atoms with Gasteiger partial charge in [0.15, 0.2) is 0 Å². The zero-order chi connectivity index (χ0) is 12.1. The van der Waals surface area contributed by atoms with E-state index in [1.807, 2.05) is 13.8 Å². The fourth-order valence-corrected chi connectivity index (χ4v) is 0.797. The summed E-state index contributed by atoms with van der Waals surface area (Å²) < 4.78 is 5.11. The Kier molecular flexibility index (Phi) is 4.84. The quantitative estimate of drug-likeness (QED) is 0.244. The number of ether oxygens (including phenoxy) is 1. The lowest BCUT2D eigenvalue weighted by molar-refractivity contribution is -0.312. The molecule has 0 aliphatic rings. The van der Waals surface area contributed by atoms with Crippen molar-refractivity contribution in [3.8, 4) is 0 Å². The van der Waals surface area contributed by atoms with E-state index in [0.717, 1.165) is 0 Å². The topological polar surface area (TPSA) is 89.5 Å². The van der Waals surface area contributed by atoms with Crippen LogP contribution in [0.25, 0.3) is 0 Å². The van der Waals surface area contributed by atoms with Crippen molar-refractivity contribution in [3.05, 3.63) is 11.8 Å². The van der Waals surface area contributed by atoms with E-state index in [2.05, 4.69) is 0 Å². The molecule has 0 heterocycles. The van der Waals surface area contributed by atoms with Crippen LogP contribution in [0.2, 0.25) is 0 Å². The van der Waals surface area contributed by atoms with Crippen LogP contribution in [0, 0.1) is 0 Å². The molecule has 0 atom stereocenters. The zero-order valence-electron chi connectivity index (χ0n) is 9.03. The number of aliphatic carboxylic acids is 2. The van der Waals surface area contributed by atoms with Gasteiger partial charge in [0, 0.05) is 0 Å². The summed E-state index contributed by atoms with van der Waals surface area (Å²) >= 11 is 0. The molecule has 0 aromatic carbocycles. The van der Waals surface area contributed by atoms with Crippen LogP contribution in [0.3, 0.4) is 0 Å². The van der Waals surface area contributed by atoms with E-state index in [1.165, 1.54) is 0 Å². The SMILES string of the molecule is CCC(C)(CC)OC=C(C(=O)[O-])C(=O)[O-]. The summed E-state index contributed by atoms with van der Waals surface area (Å²) in [6, 6.07) is 0. The van der Waals surface area contributed by atoms with Crippen LogP contribution in [-0.4, -0.2) is 17.5 Å². The van der Waals surface area contributed by atoms with Gasteiger partial charge in [-0.1, -0.05) is 13.8 Å². The highest BCUT2D eigenvalue weighted by molar-refractivity contribution is 6.10. The predicted molar refractivity (Wildman–Crippen MR) is 48.2 cm³/mol. The highest BCUT2D eigenvalue weighted by Gasteiger charge is 2.19. The summed E-state index contributed by atoms with van der Waals surface area (Å²) in [6.45, 7) is 5.47. The van der Waals surface area contributed by atoms with Crippen LogP contribution >= 0.6 is 0 Å². The lowest BCUT2D eigenvalue weighted by atomic mass is 10.0. The minimum atomic E-state index is -1.82. The monoisotopic (exact) mass is 214 g/mol. The summed E-state index contributed by atoms with van der Waals surface area (Å²) in [5.74, 6) is -3.63. The molecule has 0 N–H and O–H groups in total. The molecule has 0 aromatic heterocycles. The molecule has 15 heavy (non-hydrogen) atoms. The normalized spacial score (nSPS) is 10.6. The van der Waals surface area contributed by atoms with Crippen LogP contribution < -0.4 is 10.2 Å². The van der Waals surface area contributed by atoms with Gasteiger partial charge in [-0.25, -0.2) is 0 Å². The van der Waals surface area contributed by atoms with Crippen molar-refractivity contribution in [2.24, 2.45) is 0 Å². The summed E-state index contributed by atoms with van der Waals surface area (Å²) in [5, 5.41) is 20.7. The molecule has 0 radical (unpaired) electrons. The molecule has 0 saturated heterocycles. The Bertz CT molecular complexity index is 260. The maximum absolute atomic E-state index is 10.4. The van der Waals surface area contributed by atoms with Gasteiger partial charge in [-0.05, 0) is 19.8 Å². The van der Waals surface area contributed by atoms with Gasteiger partial charge in [-0.15, -0.1) is 0 Å². The Morgan fingerprint density at radius 1 is 1.20 bits per heavy atom. The first-order chi connectivity index (χ1) is 6.86. The number of carbonyl (C=O) groups excluding carboxylic acids is 2. The minimum Gasteiger partial charge on any atom is -0.545 e. The molecule has 0 aromatic rings. The Labute approximate surface area is 88.4 Å². The molecule has 0 rings (SSSR count). The Balaban J connectivity index is 4.73. The number of hydrogen-bond donors (Lipinski definition) is 0. The summed E-state index contributed by atoms with van der Waals surface area (Å²) in [7, 11) is 0. The molecular weight excluding hydrogens is 200 g/mol. The Morgan fingerprint density at radius 2 is 1.60 bits per heavy atom. The van der Waals surface area contributed by atoms with Gasteiger partial charge in [0.25, 0.3) is 0 Å². The van der Waals surface area contributed by atoms with E-state index >= 15 is 0 Å². The second kappa shape index (κ2) is 5.38. The third-order valence-electron chi connectivity index (χ3n) is 2.40. The molecule has 0 amide bonds.